The molecule has 0 unspecified atom stereocenters. The van der Waals surface area contributed by atoms with Gasteiger partial charge in [0, 0.05) is 44.2 Å². The summed E-state index contributed by atoms with van der Waals surface area (Å²) in [5, 5.41) is 11.9. The van der Waals surface area contributed by atoms with Crippen LogP contribution in [0.5, 0.6) is 0 Å². The minimum Gasteiger partial charge on any atom is -0.357 e. The molecule has 2 heterocycles. The second-order valence-corrected chi connectivity index (χ2v) is 7.47. The summed E-state index contributed by atoms with van der Waals surface area (Å²) >= 11 is 1.76. The molecule has 3 aromatic rings. The van der Waals surface area contributed by atoms with Crippen molar-refractivity contribution >= 4 is 23.4 Å². The molecule has 0 radical (unpaired) electrons. The van der Waals surface area contributed by atoms with E-state index in [0.717, 1.165) is 49.9 Å². The van der Waals surface area contributed by atoms with Crippen LogP contribution in [-0.2, 0) is 13.0 Å². The Morgan fingerprint density at radius 1 is 1.18 bits per heavy atom. The Kier molecular flexibility index (Phi) is 7.31. The van der Waals surface area contributed by atoms with Crippen molar-refractivity contribution in [2.24, 2.45) is 4.99 Å². The molecular weight excluding hydrogens is 368 g/mol. The maximum Gasteiger partial charge on any atom is 0.193 e. The zero-order valence-electron chi connectivity index (χ0n) is 16.8. The van der Waals surface area contributed by atoms with Crippen molar-refractivity contribution in [1.29, 1.82) is 0 Å². The van der Waals surface area contributed by atoms with Gasteiger partial charge in [-0.15, -0.1) is 22.0 Å². The van der Waals surface area contributed by atoms with E-state index in [9.17, 15) is 0 Å². The lowest BCUT2D eigenvalue weighted by Crippen LogP contribution is -2.38. The standard InChI is InChI=1S/C21H28N6S/c1-4-22-21(26(2)16-17-10-12-18(28-3)13-11-17)23-14-7-9-20-25-24-19-8-5-6-15-27(19)20/h5-6,8,10-13,15H,4,7,9,14,16H2,1-3H3,(H,22,23). The SMILES string of the molecule is CCNC(=NCCCc1nnc2ccccn12)N(C)Cc1ccc(SC)cc1. The summed E-state index contributed by atoms with van der Waals surface area (Å²) in [6, 6.07) is 14.7. The predicted octanol–water partition coefficient (Wildman–Crippen LogP) is 3.48. The molecule has 3 rings (SSSR count). The Bertz CT molecular complexity index is 903. The highest BCUT2D eigenvalue weighted by molar-refractivity contribution is 7.98. The van der Waals surface area contributed by atoms with Crippen molar-refractivity contribution in [2.75, 3.05) is 26.4 Å². The number of hydrogen-bond donors (Lipinski definition) is 1. The third-order valence-corrected chi connectivity index (χ3v) is 5.22. The van der Waals surface area contributed by atoms with Crippen molar-refractivity contribution in [3.05, 3.63) is 60.0 Å². The Labute approximate surface area is 171 Å². The highest BCUT2D eigenvalue weighted by Gasteiger charge is 2.07. The van der Waals surface area contributed by atoms with Crippen molar-refractivity contribution in [3.8, 4) is 0 Å². The molecule has 0 saturated carbocycles. The van der Waals surface area contributed by atoms with Gasteiger partial charge < -0.3 is 10.2 Å². The minimum absolute atomic E-state index is 0.750. The van der Waals surface area contributed by atoms with Crippen molar-refractivity contribution in [2.45, 2.75) is 31.2 Å². The first-order chi connectivity index (χ1) is 13.7. The Balaban J connectivity index is 1.56. The van der Waals surface area contributed by atoms with Crippen molar-refractivity contribution in [1.82, 2.24) is 24.8 Å². The molecule has 0 aliphatic carbocycles. The lowest BCUT2D eigenvalue weighted by atomic mass is 10.2. The largest absolute Gasteiger partial charge is 0.357 e. The number of aromatic nitrogens is 3. The van der Waals surface area contributed by atoms with Crippen LogP contribution in [0.3, 0.4) is 0 Å². The first-order valence-corrected chi connectivity index (χ1v) is 10.8. The van der Waals surface area contributed by atoms with Gasteiger partial charge in [0.2, 0.25) is 0 Å². The van der Waals surface area contributed by atoms with E-state index in [0.29, 0.717) is 0 Å². The molecule has 0 aliphatic rings. The van der Waals surface area contributed by atoms with E-state index < -0.39 is 0 Å². The van der Waals surface area contributed by atoms with E-state index in [4.69, 9.17) is 4.99 Å². The molecular formula is C21H28N6S. The molecule has 2 aromatic heterocycles. The molecule has 0 atom stereocenters. The van der Waals surface area contributed by atoms with E-state index in [1.807, 2.05) is 28.8 Å². The van der Waals surface area contributed by atoms with E-state index in [1.54, 1.807) is 11.8 Å². The third kappa shape index (κ3) is 5.25. The zero-order valence-corrected chi connectivity index (χ0v) is 17.6. The Morgan fingerprint density at radius 3 is 2.75 bits per heavy atom. The number of pyridine rings is 1. The van der Waals surface area contributed by atoms with Crippen LogP contribution in [0, 0.1) is 0 Å². The van der Waals surface area contributed by atoms with E-state index in [-0.39, 0.29) is 0 Å². The van der Waals surface area contributed by atoms with Gasteiger partial charge in [-0.25, -0.2) is 0 Å². The quantitative estimate of drug-likeness (QED) is 0.273. The van der Waals surface area contributed by atoms with Crippen LogP contribution < -0.4 is 5.32 Å². The molecule has 0 saturated heterocycles. The maximum atomic E-state index is 4.79. The molecule has 0 aliphatic heterocycles. The highest BCUT2D eigenvalue weighted by Crippen LogP contribution is 2.15. The Morgan fingerprint density at radius 2 is 2.00 bits per heavy atom. The van der Waals surface area contributed by atoms with Gasteiger partial charge in [0.25, 0.3) is 0 Å². The second-order valence-electron chi connectivity index (χ2n) is 6.59. The van der Waals surface area contributed by atoms with Crippen LogP contribution in [0.4, 0.5) is 0 Å². The monoisotopic (exact) mass is 396 g/mol. The summed E-state index contributed by atoms with van der Waals surface area (Å²) in [4.78, 5) is 8.25. The number of nitrogens with zero attached hydrogens (tertiary/aromatic N) is 5. The molecule has 0 amide bonds. The minimum atomic E-state index is 0.750. The van der Waals surface area contributed by atoms with Crippen LogP contribution in [0.2, 0.25) is 0 Å². The number of guanidine groups is 1. The van der Waals surface area contributed by atoms with E-state index in [1.165, 1.54) is 10.5 Å². The third-order valence-electron chi connectivity index (χ3n) is 4.48. The first kappa shape index (κ1) is 20.2. The topological polar surface area (TPSA) is 57.8 Å². The van der Waals surface area contributed by atoms with Gasteiger partial charge in [0.1, 0.15) is 5.82 Å². The summed E-state index contributed by atoms with van der Waals surface area (Å²) in [6.07, 6.45) is 5.89. The number of aryl methyl sites for hydroxylation is 1. The molecule has 7 heteroatoms. The number of fused-ring (bicyclic) bond motifs is 1. The predicted molar refractivity (Wildman–Crippen MR) is 117 cm³/mol. The fourth-order valence-corrected chi connectivity index (χ4v) is 3.44. The number of rotatable bonds is 8. The molecule has 148 valence electrons. The molecule has 6 nitrogen and oxygen atoms in total. The Hall–Kier alpha value is -2.54. The summed E-state index contributed by atoms with van der Waals surface area (Å²) in [6.45, 7) is 4.53. The normalized spacial score (nSPS) is 11.8. The van der Waals surface area contributed by atoms with Crippen molar-refractivity contribution in [3.63, 3.8) is 0 Å². The fraction of sp³-hybridized carbons (Fsp3) is 0.381. The summed E-state index contributed by atoms with van der Waals surface area (Å²) < 4.78 is 2.04. The van der Waals surface area contributed by atoms with Gasteiger partial charge in [-0.05, 0) is 49.4 Å². The van der Waals surface area contributed by atoms with Crippen LogP contribution in [0.15, 0.2) is 58.5 Å². The second kappa shape index (κ2) is 10.1. The van der Waals surface area contributed by atoms with Gasteiger partial charge in [0.05, 0.1) is 0 Å². The van der Waals surface area contributed by atoms with Gasteiger partial charge >= 0.3 is 0 Å². The lowest BCUT2D eigenvalue weighted by Gasteiger charge is -2.22. The highest BCUT2D eigenvalue weighted by atomic mass is 32.2. The van der Waals surface area contributed by atoms with Crippen LogP contribution in [0.25, 0.3) is 5.65 Å². The fourth-order valence-electron chi connectivity index (χ4n) is 3.03. The molecule has 1 aromatic carbocycles. The van der Waals surface area contributed by atoms with E-state index in [2.05, 4.69) is 64.9 Å². The lowest BCUT2D eigenvalue weighted by molar-refractivity contribution is 0.476. The zero-order chi connectivity index (χ0) is 19.8. The number of aliphatic imine (C=N–C) groups is 1. The van der Waals surface area contributed by atoms with Crippen LogP contribution in [0.1, 0.15) is 24.7 Å². The molecule has 0 bridgehead atoms. The number of hydrogen-bond acceptors (Lipinski definition) is 4. The van der Waals surface area contributed by atoms with Crippen LogP contribution >= 0.6 is 11.8 Å². The number of nitrogens with one attached hydrogen (secondary N) is 1. The summed E-state index contributed by atoms with van der Waals surface area (Å²) in [5.74, 6) is 1.92. The average molecular weight is 397 g/mol. The van der Waals surface area contributed by atoms with E-state index >= 15 is 0 Å². The molecule has 0 spiro atoms. The van der Waals surface area contributed by atoms with Gasteiger partial charge in [-0.2, -0.15) is 0 Å². The molecule has 1 N–H and O–H groups in total. The summed E-state index contributed by atoms with van der Waals surface area (Å²) in [7, 11) is 2.08. The van der Waals surface area contributed by atoms with Crippen molar-refractivity contribution < 1.29 is 0 Å². The molecule has 0 fully saturated rings. The summed E-state index contributed by atoms with van der Waals surface area (Å²) in [5.41, 5.74) is 2.17. The molecule has 28 heavy (non-hydrogen) atoms. The van der Waals surface area contributed by atoms with Gasteiger partial charge in [0.15, 0.2) is 11.6 Å². The number of thioether (sulfide) groups is 1. The maximum absolute atomic E-state index is 4.79. The first-order valence-electron chi connectivity index (χ1n) is 9.62. The van der Waals surface area contributed by atoms with Crippen LogP contribution in [-0.4, -0.2) is 51.9 Å². The van der Waals surface area contributed by atoms with Gasteiger partial charge in [-0.1, -0.05) is 18.2 Å². The number of benzene rings is 1. The average Bonchev–Trinajstić information content (AvgIpc) is 3.14. The smallest absolute Gasteiger partial charge is 0.193 e. The van der Waals surface area contributed by atoms with Gasteiger partial charge in [-0.3, -0.25) is 9.39 Å².